The Morgan fingerprint density at radius 3 is 2.39 bits per heavy atom. The van der Waals surface area contributed by atoms with Crippen LogP contribution in [-0.4, -0.2) is 33.4 Å². The number of nitrogens with one attached hydrogen (secondary N) is 2. The van der Waals surface area contributed by atoms with Gasteiger partial charge in [0.05, 0.1) is 24.1 Å². The van der Waals surface area contributed by atoms with Gasteiger partial charge in [-0.05, 0) is 60.7 Å². The lowest BCUT2D eigenvalue weighted by molar-refractivity contribution is -0.121. The summed E-state index contributed by atoms with van der Waals surface area (Å²) < 4.78 is 33.2. The number of rotatable bonds is 7. The van der Waals surface area contributed by atoms with E-state index in [4.69, 9.17) is 16.3 Å². The smallest absolute Gasteiger partial charge is 0.261 e. The van der Waals surface area contributed by atoms with Gasteiger partial charge in [0.2, 0.25) is 5.91 Å². The molecule has 170 valence electrons. The quantitative estimate of drug-likeness (QED) is 0.492. The van der Waals surface area contributed by atoms with Gasteiger partial charge in [-0.2, -0.15) is 0 Å². The minimum absolute atomic E-state index is 0.00629. The topological polar surface area (TPSA) is 105 Å². The van der Waals surface area contributed by atoms with Crippen LogP contribution in [0.25, 0.3) is 0 Å². The van der Waals surface area contributed by atoms with Crippen LogP contribution in [0, 0.1) is 0 Å². The summed E-state index contributed by atoms with van der Waals surface area (Å²) in [6.45, 7) is 0. The molecule has 8 nitrogen and oxygen atoms in total. The molecule has 0 saturated carbocycles. The minimum Gasteiger partial charge on any atom is -0.497 e. The van der Waals surface area contributed by atoms with Crippen molar-refractivity contribution in [1.29, 1.82) is 0 Å². The largest absolute Gasteiger partial charge is 0.497 e. The minimum atomic E-state index is -3.88. The Morgan fingerprint density at radius 1 is 0.970 bits per heavy atom. The van der Waals surface area contributed by atoms with E-state index in [0.717, 1.165) is 4.90 Å². The maximum Gasteiger partial charge on any atom is 0.261 e. The van der Waals surface area contributed by atoms with E-state index in [1.165, 1.54) is 25.3 Å². The predicted molar refractivity (Wildman–Crippen MR) is 126 cm³/mol. The van der Waals surface area contributed by atoms with Crippen molar-refractivity contribution in [2.45, 2.75) is 17.4 Å². The second-order valence-electron chi connectivity index (χ2n) is 7.31. The second kappa shape index (κ2) is 9.13. The molecule has 1 saturated heterocycles. The van der Waals surface area contributed by atoms with Gasteiger partial charge < -0.3 is 10.1 Å². The number of hydrogen-bond acceptors (Lipinski definition) is 6. The van der Waals surface area contributed by atoms with Crippen LogP contribution in [-0.2, 0) is 19.6 Å². The molecule has 0 spiro atoms. The number of amides is 2. The average Bonchev–Trinajstić information content (AvgIpc) is 3.07. The maximum absolute atomic E-state index is 12.9. The fourth-order valence-electron chi connectivity index (χ4n) is 3.46. The molecule has 0 radical (unpaired) electrons. The van der Waals surface area contributed by atoms with Crippen LogP contribution in [0.4, 0.5) is 17.1 Å². The predicted octanol–water partition coefficient (Wildman–Crippen LogP) is 3.89. The Labute approximate surface area is 196 Å². The molecule has 1 aliphatic rings. The lowest BCUT2D eigenvalue weighted by Gasteiger charge is -2.17. The highest BCUT2D eigenvalue weighted by Crippen LogP contribution is 2.28. The van der Waals surface area contributed by atoms with Gasteiger partial charge in [0.25, 0.3) is 15.9 Å². The van der Waals surface area contributed by atoms with Crippen molar-refractivity contribution < 1.29 is 22.7 Å². The molecule has 2 amide bonds. The van der Waals surface area contributed by atoms with Crippen molar-refractivity contribution >= 4 is 50.5 Å². The van der Waals surface area contributed by atoms with Crippen LogP contribution < -0.4 is 19.7 Å². The maximum atomic E-state index is 12.9. The molecule has 1 heterocycles. The molecule has 2 N–H and O–H groups in total. The first-order valence-corrected chi connectivity index (χ1v) is 11.8. The van der Waals surface area contributed by atoms with E-state index >= 15 is 0 Å². The van der Waals surface area contributed by atoms with Gasteiger partial charge in [-0.1, -0.05) is 23.7 Å². The van der Waals surface area contributed by atoms with Gasteiger partial charge in [-0.25, -0.2) is 13.3 Å². The molecule has 0 aromatic heterocycles. The van der Waals surface area contributed by atoms with E-state index in [1.54, 1.807) is 54.6 Å². The molecule has 3 aromatic rings. The van der Waals surface area contributed by atoms with Gasteiger partial charge in [0.1, 0.15) is 11.8 Å². The van der Waals surface area contributed by atoms with Crippen molar-refractivity contribution in [3.8, 4) is 5.75 Å². The summed E-state index contributed by atoms with van der Waals surface area (Å²) in [6.07, 6.45) is -0.0631. The van der Waals surface area contributed by atoms with Crippen molar-refractivity contribution in [3.05, 3.63) is 77.8 Å². The second-order valence-corrected chi connectivity index (χ2v) is 9.43. The van der Waals surface area contributed by atoms with Crippen LogP contribution in [0.2, 0.25) is 5.02 Å². The normalized spacial score (nSPS) is 16.1. The summed E-state index contributed by atoms with van der Waals surface area (Å²) >= 11 is 5.98. The van der Waals surface area contributed by atoms with E-state index in [9.17, 15) is 18.0 Å². The average molecular weight is 486 g/mol. The molecule has 33 heavy (non-hydrogen) atoms. The van der Waals surface area contributed by atoms with Crippen LogP contribution in [0.1, 0.15) is 6.42 Å². The summed E-state index contributed by atoms with van der Waals surface area (Å²) in [5, 5.41) is 3.38. The monoisotopic (exact) mass is 485 g/mol. The lowest BCUT2D eigenvalue weighted by atomic mass is 10.2. The number of benzene rings is 3. The lowest BCUT2D eigenvalue weighted by Crippen LogP contribution is -2.34. The molecule has 1 aliphatic heterocycles. The third-order valence-corrected chi connectivity index (χ3v) is 6.65. The van der Waals surface area contributed by atoms with Crippen LogP contribution in [0.3, 0.4) is 0 Å². The van der Waals surface area contributed by atoms with Gasteiger partial charge in [0, 0.05) is 16.4 Å². The fraction of sp³-hybridized carbons (Fsp3) is 0.130. The number of nitrogens with zero attached hydrogens (tertiary/aromatic N) is 1. The van der Waals surface area contributed by atoms with Crippen LogP contribution in [0.15, 0.2) is 77.7 Å². The number of ether oxygens (including phenoxy) is 1. The highest BCUT2D eigenvalue weighted by molar-refractivity contribution is 7.92. The van der Waals surface area contributed by atoms with Crippen LogP contribution in [0.5, 0.6) is 5.75 Å². The standard InChI is InChI=1S/C23H20ClN3O5S/c1-32-19-10-8-16(9-11-19)26-33(30,31)20-7-3-5-17(13-20)25-21-14-22(28)27(23(21)29)18-6-2-4-15(24)12-18/h2-13,21,25-26H,14H2,1H3/t21-/m1/s1. The summed E-state index contributed by atoms with van der Waals surface area (Å²) in [6, 6.07) is 18.1. The highest BCUT2D eigenvalue weighted by atomic mass is 35.5. The summed E-state index contributed by atoms with van der Waals surface area (Å²) in [5.74, 6) is -0.205. The van der Waals surface area contributed by atoms with Crippen LogP contribution >= 0.6 is 11.6 Å². The Morgan fingerprint density at radius 2 is 1.70 bits per heavy atom. The molecular formula is C23H20ClN3O5S. The number of halogens is 1. The van der Waals surface area contributed by atoms with Gasteiger partial charge in [-0.3, -0.25) is 14.3 Å². The molecule has 1 atom stereocenters. The van der Waals surface area contributed by atoms with E-state index in [0.29, 0.717) is 27.8 Å². The fourth-order valence-corrected chi connectivity index (χ4v) is 4.75. The van der Waals surface area contributed by atoms with E-state index in [-0.39, 0.29) is 17.2 Å². The van der Waals surface area contributed by atoms with Gasteiger partial charge in [-0.15, -0.1) is 0 Å². The number of anilines is 3. The molecule has 4 rings (SSSR count). The SMILES string of the molecule is COc1ccc(NS(=O)(=O)c2cccc(N[C@@H]3CC(=O)N(c4cccc(Cl)c4)C3=O)c2)cc1. The number of hydrogen-bond donors (Lipinski definition) is 2. The third-order valence-electron chi connectivity index (χ3n) is 5.04. The molecule has 0 unspecified atom stereocenters. The Balaban J connectivity index is 1.51. The summed E-state index contributed by atoms with van der Waals surface area (Å²) in [5.41, 5.74) is 1.16. The molecule has 10 heteroatoms. The van der Waals surface area contributed by atoms with E-state index in [1.807, 2.05) is 0 Å². The Kier molecular flexibility index (Phi) is 6.26. The Bertz CT molecular complexity index is 1310. The first kappa shape index (κ1) is 22.6. The van der Waals surface area contributed by atoms with E-state index < -0.39 is 22.0 Å². The van der Waals surface area contributed by atoms with Crippen molar-refractivity contribution in [1.82, 2.24) is 0 Å². The first-order chi connectivity index (χ1) is 15.8. The number of sulfonamides is 1. The molecule has 3 aromatic carbocycles. The molecular weight excluding hydrogens is 466 g/mol. The number of imide groups is 1. The zero-order valence-corrected chi connectivity index (χ0v) is 19.1. The number of carbonyl (C=O) groups excluding carboxylic acids is 2. The Hall–Kier alpha value is -3.56. The van der Waals surface area contributed by atoms with Crippen molar-refractivity contribution in [3.63, 3.8) is 0 Å². The molecule has 0 aliphatic carbocycles. The molecule has 1 fully saturated rings. The zero-order chi connectivity index (χ0) is 23.6. The number of methoxy groups -OCH3 is 1. The first-order valence-electron chi connectivity index (χ1n) is 9.93. The third kappa shape index (κ3) is 4.94. The molecule has 0 bridgehead atoms. The van der Waals surface area contributed by atoms with Crippen molar-refractivity contribution in [2.24, 2.45) is 0 Å². The van der Waals surface area contributed by atoms with Gasteiger partial charge in [0.15, 0.2) is 0 Å². The summed E-state index contributed by atoms with van der Waals surface area (Å²) in [7, 11) is -2.36. The summed E-state index contributed by atoms with van der Waals surface area (Å²) in [4.78, 5) is 26.4. The van der Waals surface area contributed by atoms with Crippen molar-refractivity contribution in [2.75, 3.05) is 22.0 Å². The zero-order valence-electron chi connectivity index (χ0n) is 17.5. The highest BCUT2D eigenvalue weighted by Gasteiger charge is 2.39. The van der Waals surface area contributed by atoms with E-state index in [2.05, 4.69) is 10.0 Å². The number of carbonyl (C=O) groups is 2. The van der Waals surface area contributed by atoms with Gasteiger partial charge >= 0.3 is 0 Å².